The molecule has 0 atom stereocenters. The van der Waals surface area contributed by atoms with Crippen LogP contribution in [0.25, 0.3) is 11.4 Å². The zero-order chi connectivity index (χ0) is 16.2. The molecule has 0 bridgehead atoms. The van der Waals surface area contributed by atoms with E-state index in [2.05, 4.69) is 32.9 Å². The molecule has 0 amide bonds. The molecule has 0 fully saturated rings. The maximum atomic E-state index is 6.18. The Morgan fingerprint density at radius 2 is 2.17 bits per heavy atom. The summed E-state index contributed by atoms with van der Waals surface area (Å²) in [4.78, 5) is 13.8. The molecule has 2 aromatic rings. The van der Waals surface area contributed by atoms with Gasteiger partial charge in [-0.1, -0.05) is 13.0 Å². The van der Waals surface area contributed by atoms with Gasteiger partial charge in [0.05, 0.1) is 17.9 Å². The van der Waals surface area contributed by atoms with Gasteiger partial charge in [0, 0.05) is 24.7 Å². The number of fused-ring (bicyclic) bond motifs is 3. The van der Waals surface area contributed by atoms with Crippen LogP contribution in [0.1, 0.15) is 36.8 Å². The Labute approximate surface area is 136 Å². The fourth-order valence-electron chi connectivity index (χ4n) is 3.02. The fourth-order valence-corrected chi connectivity index (χ4v) is 3.02. The van der Waals surface area contributed by atoms with Crippen molar-refractivity contribution in [3.63, 3.8) is 0 Å². The monoisotopic (exact) mass is 312 g/mol. The van der Waals surface area contributed by atoms with E-state index in [0.29, 0.717) is 12.4 Å². The van der Waals surface area contributed by atoms with E-state index in [-0.39, 0.29) is 0 Å². The number of aryl methyl sites for hydroxylation is 1. The smallest absolute Gasteiger partial charge is 0.147 e. The van der Waals surface area contributed by atoms with Crippen LogP contribution in [-0.4, -0.2) is 34.0 Å². The average molecular weight is 312 g/mol. The molecule has 1 aliphatic heterocycles. The SMILES string of the molecule is CCc1nc2c(n1CCCCNC)-c1ncccc1CN=C2N. The summed E-state index contributed by atoms with van der Waals surface area (Å²) < 4.78 is 2.28. The molecule has 0 unspecified atom stereocenters. The Kier molecular flexibility index (Phi) is 4.71. The Balaban J connectivity index is 2.07. The lowest BCUT2D eigenvalue weighted by Gasteiger charge is -2.12. The van der Waals surface area contributed by atoms with Crippen molar-refractivity contribution in [1.82, 2.24) is 19.9 Å². The molecule has 3 heterocycles. The molecule has 0 aliphatic carbocycles. The Morgan fingerprint density at radius 3 is 2.96 bits per heavy atom. The van der Waals surface area contributed by atoms with Gasteiger partial charge >= 0.3 is 0 Å². The summed E-state index contributed by atoms with van der Waals surface area (Å²) in [6.07, 6.45) is 4.92. The Hall–Kier alpha value is -2.21. The quantitative estimate of drug-likeness (QED) is 0.796. The largest absolute Gasteiger partial charge is 0.382 e. The van der Waals surface area contributed by atoms with E-state index in [1.165, 1.54) is 0 Å². The number of nitrogens with one attached hydrogen (secondary N) is 1. The number of amidine groups is 1. The highest BCUT2D eigenvalue weighted by molar-refractivity contribution is 6.02. The van der Waals surface area contributed by atoms with Crippen molar-refractivity contribution in [2.75, 3.05) is 13.6 Å². The van der Waals surface area contributed by atoms with Gasteiger partial charge in [-0.3, -0.25) is 9.98 Å². The van der Waals surface area contributed by atoms with Crippen molar-refractivity contribution >= 4 is 5.84 Å². The summed E-state index contributed by atoms with van der Waals surface area (Å²) in [6.45, 7) is 4.64. The second-order valence-corrected chi connectivity index (χ2v) is 5.75. The molecular weight excluding hydrogens is 288 g/mol. The van der Waals surface area contributed by atoms with Gasteiger partial charge < -0.3 is 15.6 Å². The molecular formula is C17H24N6. The van der Waals surface area contributed by atoms with Crippen LogP contribution >= 0.6 is 0 Å². The van der Waals surface area contributed by atoms with Crippen LogP contribution in [0.5, 0.6) is 0 Å². The van der Waals surface area contributed by atoms with Gasteiger partial charge in [0.25, 0.3) is 0 Å². The molecule has 0 radical (unpaired) electrons. The number of hydrogen-bond acceptors (Lipinski definition) is 5. The van der Waals surface area contributed by atoms with Crippen molar-refractivity contribution in [2.45, 2.75) is 39.3 Å². The van der Waals surface area contributed by atoms with Crippen molar-refractivity contribution in [2.24, 2.45) is 10.7 Å². The average Bonchev–Trinajstić information content (AvgIpc) is 2.88. The number of imidazole rings is 1. The number of hydrogen-bond donors (Lipinski definition) is 2. The van der Waals surface area contributed by atoms with E-state index in [0.717, 1.165) is 60.8 Å². The highest BCUT2D eigenvalue weighted by Gasteiger charge is 2.25. The number of unbranched alkanes of at least 4 members (excludes halogenated alkanes) is 1. The summed E-state index contributed by atoms with van der Waals surface area (Å²) in [5, 5.41) is 3.20. The summed E-state index contributed by atoms with van der Waals surface area (Å²) in [7, 11) is 1.98. The van der Waals surface area contributed by atoms with Crippen molar-refractivity contribution < 1.29 is 0 Å². The van der Waals surface area contributed by atoms with Crippen LogP contribution in [0, 0.1) is 0 Å². The molecule has 0 saturated carbocycles. The molecule has 3 N–H and O–H groups in total. The first-order valence-corrected chi connectivity index (χ1v) is 8.24. The third-order valence-electron chi connectivity index (χ3n) is 4.20. The van der Waals surface area contributed by atoms with E-state index in [4.69, 9.17) is 10.7 Å². The van der Waals surface area contributed by atoms with E-state index in [1.54, 1.807) is 0 Å². The van der Waals surface area contributed by atoms with Crippen LogP contribution in [0.15, 0.2) is 23.3 Å². The standard InChI is InChI=1S/C17H24N6/c1-3-13-22-15-16(23(13)10-5-4-8-19-2)14-12(7-6-9-20-14)11-21-17(15)18/h6-7,9,19H,3-5,8,10-11H2,1-2H3,(H2,18,21). The second kappa shape index (κ2) is 6.91. The molecule has 0 spiro atoms. The number of nitrogens with zero attached hydrogens (tertiary/aromatic N) is 4. The first kappa shape index (κ1) is 15.7. The number of pyridine rings is 1. The second-order valence-electron chi connectivity index (χ2n) is 5.75. The minimum Gasteiger partial charge on any atom is -0.382 e. The number of nitrogens with two attached hydrogens (primary N) is 1. The number of rotatable bonds is 6. The third kappa shape index (κ3) is 2.99. The summed E-state index contributed by atoms with van der Waals surface area (Å²) >= 11 is 0. The minimum atomic E-state index is 0.515. The zero-order valence-electron chi connectivity index (χ0n) is 13.8. The summed E-state index contributed by atoms with van der Waals surface area (Å²) in [6, 6.07) is 4.02. The van der Waals surface area contributed by atoms with Gasteiger partial charge in [0.1, 0.15) is 17.4 Å². The highest BCUT2D eigenvalue weighted by atomic mass is 15.1. The molecule has 0 aromatic carbocycles. The molecule has 1 aliphatic rings. The fraction of sp³-hybridized carbons (Fsp3) is 0.471. The van der Waals surface area contributed by atoms with Gasteiger partial charge in [0.2, 0.25) is 0 Å². The topological polar surface area (TPSA) is 81.1 Å². The molecule has 2 aromatic heterocycles. The summed E-state index contributed by atoms with van der Waals surface area (Å²) in [5.41, 5.74) is 10.1. The lowest BCUT2D eigenvalue weighted by Crippen LogP contribution is -2.15. The summed E-state index contributed by atoms with van der Waals surface area (Å²) in [5.74, 6) is 1.57. The number of aromatic nitrogens is 3. The van der Waals surface area contributed by atoms with Gasteiger partial charge in [-0.2, -0.15) is 0 Å². The van der Waals surface area contributed by atoms with Crippen LogP contribution in [-0.2, 0) is 19.5 Å². The van der Waals surface area contributed by atoms with Crippen LogP contribution < -0.4 is 11.1 Å². The van der Waals surface area contributed by atoms with Gasteiger partial charge in [-0.05, 0) is 32.5 Å². The molecule has 3 rings (SSSR count). The lowest BCUT2D eigenvalue weighted by molar-refractivity contribution is 0.577. The predicted molar refractivity (Wildman–Crippen MR) is 92.4 cm³/mol. The molecule has 6 heteroatoms. The van der Waals surface area contributed by atoms with Crippen LogP contribution in [0.3, 0.4) is 0 Å². The number of aliphatic imine (C=N–C) groups is 1. The maximum Gasteiger partial charge on any atom is 0.147 e. The third-order valence-corrected chi connectivity index (χ3v) is 4.20. The highest BCUT2D eigenvalue weighted by Crippen LogP contribution is 2.30. The van der Waals surface area contributed by atoms with E-state index < -0.39 is 0 Å². The lowest BCUT2D eigenvalue weighted by atomic mass is 10.1. The van der Waals surface area contributed by atoms with E-state index in [9.17, 15) is 0 Å². The first-order valence-electron chi connectivity index (χ1n) is 8.24. The zero-order valence-corrected chi connectivity index (χ0v) is 13.8. The normalized spacial score (nSPS) is 13.2. The van der Waals surface area contributed by atoms with E-state index >= 15 is 0 Å². The molecule has 23 heavy (non-hydrogen) atoms. The van der Waals surface area contributed by atoms with Crippen LogP contribution in [0.4, 0.5) is 0 Å². The molecule has 122 valence electrons. The molecule has 6 nitrogen and oxygen atoms in total. The van der Waals surface area contributed by atoms with Crippen molar-refractivity contribution in [1.29, 1.82) is 0 Å². The van der Waals surface area contributed by atoms with Gasteiger partial charge in [-0.25, -0.2) is 4.98 Å². The van der Waals surface area contributed by atoms with Crippen molar-refractivity contribution in [3.8, 4) is 11.4 Å². The van der Waals surface area contributed by atoms with Gasteiger partial charge in [0.15, 0.2) is 0 Å². The maximum absolute atomic E-state index is 6.18. The first-order chi connectivity index (χ1) is 11.3. The Morgan fingerprint density at radius 1 is 1.30 bits per heavy atom. The molecule has 0 saturated heterocycles. The van der Waals surface area contributed by atoms with Crippen molar-refractivity contribution in [3.05, 3.63) is 35.4 Å². The minimum absolute atomic E-state index is 0.515. The van der Waals surface area contributed by atoms with Crippen LogP contribution in [0.2, 0.25) is 0 Å². The predicted octanol–water partition coefficient (Wildman–Crippen LogP) is 1.73. The van der Waals surface area contributed by atoms with Gasteiger partial charge in [-0.15, -0.1) is 0 Å². The Bertz CT molecular complexity index is 716. The van der Waals surface area contributed by atoms with E-state index in [1.807, 2.05) is 19.3 Å².